The highest BCUT2D eigenvalue weighted by molar-refractivity contribution is 5.99. The van der Waals surface area contributed by atoms with Crippen LogP contribution in [0.3, 0.4) is 0 Å². The Morgan fingerprint density at radius 1 is 1.33 bits per heavy atom. The summed E-state index contributed by atoms with van der Waals surface area (Å²) in [6.07, 6.45) is 3.18. The van der Waals surface area contributed by atoms with E-state index in [1.165, 1.54) is 0 Å². The number of hydrogen-bond acceptors (Lipinski definition) is 3. The van der Waals surface area contributed by atoms with E-state index in [-0.39, 0.29) is 23.3 Å². The van der Waals surface area contributed by atoms with Gasteiger partial charge in [0, 0.05) is 13.2 Å². The van der Waals surface area contributed by atoms with Crippen molar-refractivity contribution in [1.29, 1.82) is 0 Å². The molecule has 0 bridgehead atoms. The topological polar surface area (TPSA) is 58.6 Å². The molecule has 2 amide bonds. The number of carbonyl (C=O) groups is 2. The molecular formula is C16H28N2O3. The number of ether oxygens (including phenoxy) is 1. The van der Waals surface area contributed by atoms with Crippen molar-refractivity contribution in [3.05, 3.63) is 0 Å². The highest BCUT2D eigenvalue weighted by Gasteiger charge is 2.49. The molecule has 1 N–H and O–H groups in total. The predicted molar refractivity (Wildman–Crippen MR) is 80.8 cm³/mol. The van der Waals surface area contributed by atoms with E-state index in [1.807, 2.05) is 34.6 Å². The Morgan fingerprint density at radius 3 is 2.52 bits per heavy atom. The molecule has 0 saturated carbocycles. The second kappa shape index (κ2) is 5.59. The minimum absolute atomic E-state index is 0.0186. The fourth-order valence-electron chi connectivity index (χ4n) is 3.05. The molecule has 2 aliphatic heterocycles. The van der Waals surface area contributed by atoms with Crippen molar-refractivity contribution in [2.45, 2.75) is 71.6 Å². The Kier molecular flexibility index (Phi) is 4.34. The van der Waals surface area contributed by atoms with Crippen molar-refractivity contribution in [2.75, 3.05) is 13.2 Å². The molecule has 2 rings (SSSR count). The van der Waals surface area contributed by atoms with Crippen LogP contribution < -0.4 is 5.32 Å². The predicted octanol–water partition coefficient (Wildman–Crippen LogP) is 1.71. The zero-order valence-corrected chi connectivity index (χ0v) is 13.9. The maximum atomic E-state index is 12.8. The summed E-state index contributed by atoms with van der Waals surface area (Å²) in [6.45, 7) is 11.0. The first-order valence-electron chi connectivity index (χ1n) is 7.88. The van der Waals surface area contributed by atoms with Crippen LogP contribution in [0.1, 0.15) is 53.9 Å². The average Bonchev–Trinajstić information content (AvgIpc) is 2.85. The summed E-state index contributed by atoms with van der Waals surface area (Å²) in [5.74, 6) is -0.0561. The lowest BCUT2D eigenvalue weighted by Crippen LogP contribution is -2.71. The molecular weight excluding hydrogens is 268 g/mol. The van der Waals surface area contributed by atoms with Gasteiger partial charge in [0.15, 0.2) is 0 Å². The lowest BCUT2D eigenvalue weighted by molar-refractivity contribution is -0.158. The van der Waals surface area contributed by atoms with Crippen LogP contribution >= 0.6 is 0 Å². The lowest BCUT2D eigenvalue weighted by Gasteiger charge is -2.47. The second-order valence-corrected chi connectivity index (χ2v) is 7.75. The van der Waals surface area contributed by atoms with Gasteiger partial charge in [0.2, 0.25) is 11.8 Å². The van der Waals surface area contributed by atoms with Gasteiger partial charge in [-0.25, -0.2) is 0 Å². The first-order chi connectivity index (χ1) is 9.64. The molecule has 0 aromatic rings. The largest absolute Gasteiger partial charge is 0.378 e. The molecule has 2 fully saturated rings. The Hall–Kier alpha value is -1.10. The van der Waals surface area contributed by atoms with E-state index in [4.69, 9.17) is 4.74 Å². The van der Waals surface area contributed by atoms with Crippen molar-refractivity contribution < 1.29 is 14.3 Å². The van der Waals surface area contributed by atoms with Gasteiger partial charge in [0.1, 0.15) is 11.6 Å². The van der Waals surface area contributed by atoms with Gasteiger partial charge in [0.25, 0.3) is 0 Å². The average molecular weight is 296 g/mol. The smallest absolute Gasteiger partial charge is 0.246 e. The molecule has 2 aliphatic rings. The normalized spacial score (nSPS) is 29.7. The molecule has 5 nitrogen and oxygen atoms in total. The summed E-state index contributed by atoms with van der Waals surface area (Å²) in [6, 6.07) is -0.456. The van der Waals surface area contributed by atoms with E-state index >= 15 is 0 Å². The molecule has 120 valence electrons. The van der Waals surface area contributed by atoms with E-state index in [1.54, 1.807) is 4.90 Å². The maximum Gasteiger partial charge on any atom is 0.246 e. The number of rotatable bonds is 3. The molecule has 2 heterocycles. The Morgan fingerprint density at radius 2 is 2.00 bits per heavy atom. The number of amides is 2. The van der Waals surface area contributed by atoms with E-state index in [0.717, 1.165) is 25.9 Å². The van der Waals surface area contributed by atoms with Gasteiger partial charge >= 0.3 is 0 Å². The lowest BCUT2D eigenvalue weighted by atomic mass is 9.81. The quantitative estimate of drug-likeness (QED) is 0.862. The zero-order valence-electron chi connectivity index (χ0n) is 13.9. The van der Waals surface area contributed by atoms with Crippen LogP contribution in [0.25, 0.3) is 0 Å². The third kappa shape index (κ3) is 3.23. The van der Waals surface area contributed by atoms with E-state index in [9.17, 15) is 9.59 Å². The minimum atomic E-state index is -0.794. The SMILES string of the molecule is CC(C)(C)C1NC(=O)C(C)(C)N(CCC2CCCO2)C1=O. The number of carbonyl (C=O) groups excluding carboxylic acids is 2. The maximum absolute atomic E-state index is 12.8. The summed E-state index contributed by atoms with van der Waals surface area (Å²) < 4.78 is 5.63. The second-order valence-electron chi connectivity index (χ2n) is 7.75. The molecule has 5 heteroatoms. The van der Waals surface area contributed by atoms with Crippen LogP contribution in [0.5, 0.6) is 0 Å². The highest BCUT2D eigenvalue weighted by atomic mass is 16.5. The summed E-state index contributed by atoms with van der Waals surface area (Å²) in [5.41, 5.74) is -1.08. The monoisotopic (exact) mass is 296 g/mol. The number of nitrogens with zero attached hydrogens (tertiary/aromatic N) is 1. The van der Waals surface area contributed by atoms with Gasteiger partial charge in [-0.2, -0.15) is 0 Å². The van der Waals surface area contributed by atoms with Crippen molar-refractivity contribution >= 4 is 11.8 Å². The van der Waals surface area contributed by atoms with E-state index in [2.05, 4.69) is 5.32 Å². The molecule has 2 atom stereocenters. The number of piperazine rings is 1. The van der Waals surface area contributed by atoms with Gasteiger partial charge < -0.3 is 15.0 Å². The third-order valence-corrected chi connectivity index (χ3v) is 4.58. The van der Waals surface area contributed by atoms with Gasteiger partial charge in [-0.05, 0) is 38.5 Å². The summed E-state index contributed by atoms with van der Waals surface area (Å²) in [5, 5.41) is 2.89. The van der Waals surface area contributed by atoms with Crippen molar-refractivity contribution in [3.63, 3.8) is 0 Å². The van der Waals surface area contributed by atoms with Crippen LogP contribution in [-0.4, -0.2) is 47.6 Å². The number of nitrogens with one attached hydrogen (secondary N) is 1. The van der Waals surface area contributed by atoms with Gasteiger partial charge in [-0.1, -0.05) is 20.8 Å². The first kappa shape index (κ1) is 16.3. The molecule has 0 radical (unpaired) electrons. The Labute approximate surface area is 127 Å². The van der Waals surface area contributed by atoms with Gasteiger partial charge in [-0.15, -0.1) is 0 Å². The first-order valence-corrected chi connectivity index (χ1v) is 7.88. The van der Waals surface area contributed by atoms with Gasteiger partial charge in [-0.3, -0.25) is 9.59 Å². The summed E-state index contributed by atoms with van der Waals surface area (Å²) in [7, 11) is 0. The molecule has 0 aliphatic carbocycles. The van der Waals surface area contributed by atoms with Crippen molar-refractivity contribution in [2.24, 2.45) is 5.41 Å². The Bertz CT molecular complexity index is 420. The van der Waals surface area contributed by atoms with Crippen LogP contribution in [0, 0.1) is 5.41 Å². The minimum Gasteiger partial charge on any atom is -0.378 e. The van der Waals surface area contributed by atoms with Crippen molar-refractivity contribution in [3.8, 4) is 0 Å². The molecule has 2 unspecified atom stereocenters. The van der Waals surface area contributed by atoms with E-state index < -0.39 is 11.6 Å². The molecule has 0 aromatic carbocycles. The highest BCUT2D eigenvalue weighted by Crippen LogP contribution is 2.30. The molecule has 21 heavy (non-hydrogen) atoms. The Balaban J connectivity index is 2.13. The standard InChI is InChI=1S/C16H28N2O3/c1-15(2,3)12-13(19)18(16(4,5)14(20)17-12)9-8-11-7-6-10-21-11/h11-12H,6-10H2,1-5H3,(H,17,20). The van der Waals surface area contributed by atoms with Crippen LogP contribution in [0.4, 0.5) is 0 Å². The van der Waals surface area contributed by atoms with Crippen LogP contribution in [0.2, 0.25) is 0 Å². The fraction of sp³-hybridized carbons (Fsp3) is 0.875. The van der Waals surface area contributed by atoms with Crippen LogP contribution in [0.15, 0.2) is 0 Å². The third-order valence-electron chi connectivity index (χ3n) is 4.58. The van der Waals surface area contributed by atoms with Crippen LogP contribution in [-0.2, 0) is 14.3 Å². The molecule has 2 saturated heterocycles. The summed E-state index contributed by atoms with van der Waals surface area (Å²) in [4.78, 5) is 26.9. The molecule has 0 spiro atoms. The zero-order chi connectivity index (χ0) is 15.8. The fourth-order valence-corrected chi connectivity index (χ4v) is 3.05. The number of hydrogen-bond donors (Lipinski definition) is 1. The van der Waals surface area contributed by atoms with Crippen molar-refractivity contribution in [1.82, 2.24) is 10.2 Å². The molecule has 0 aromatic heterocycles. The van der Waals surface area contributed by atoms with E-state index in [0.29, 0.717) is 6.54 Å². The summed E-state index contributed by atoms with van der Waals surface area (Å²) >= 11 is 0. The van der Waals surface area contributed by atoms with Gasteiger partial charge in [0.05, 0.1) is 6.10 Å².